The molecule has 0 spiro atoms. The molecule has 0 aromatic heterocycles. The Bertz CT molecular complexity index is 382. The first-order valence-electron chi connectivity index (χ1n) is 7.45. The van der Waals surface area contributed by atoms with Crippen LogP contribution in [-0.2, 0) is 4.79 Å². The summed E-state index contributed by atoms with van der Waals surface area (Å²) in [5.74, 6) is -1.36. The van der Waals surface area contributed by atoms with Crippen molar-refractivity contribution in [2.24, 2.45) is 11.3 Å². The van der Waals surface area contributed by atoms with Gasteiger partial charge in [-0.15, -0.1) is 0 Å². The van der Waals surface area contributed by atoms with E-state index in [1.807, 2.05) is 0 Å². The Morgan fingerprint density at radius 2 is 1.95 bits per heavy atom. The van der Waals surface area contributed by atoms with E-state index in [2.05, 4.69) is 0 Å². The minimum atomic E-state index is -4.76. The van der Waals surface area contributed by atoms with Crippen LogP contribution in [0.4, 0.5) is 13.2 Å². The molecule has 0 bridgehead atoms. The Morgan fingerprint density at radius 1 is 1.33 bits per heavy atom. The van der Waals surface area contributed by atoms with Gasteiger partial charge in [-0.1, -0.05) is 25.7 Å². The fourth-order valence-electron chi connectivity index (χ4n) is 3.58. The first kappa shape index (κ1) is 16.5. The predicted octanol–water partition coefficient (Wildman–Crippen LogP) is 2.27. The Labute approximate surface area is 121 Å². The zero-order chi connectivity index (χ0) is 15.7. The average Bonchev–Trinajstić information content (AvgIpc) is 2.97. The number of nitrogens with zero attached hydrogens (tertiary/aromatic N) is 1. The van der Waals surface area contributed by atoms with Crippen LogP contribution in [0.15, 0.2) is 0 Å². The normalized spacial score (nSPS) is 29.9. The number of rotatable bonds is 5. The molecule has 2 N–H and O–H groups in total. The molecule has 122 valence electrons. The van der Waals surface area contributed by atoms with Gasteiger partial charge in [-0.05, 0) is 25.3 Å². The van der Waals surface area contributed by atoms with E-state index in [1.54, 1.807) is 0 Å². The number of carbonyl (C=O) groups is 1. The van der Waals surface area contributed by atoms with E-state index < -0.39 is 36.6 Å². The van der Waals surface area contributed by atoms with Gasteiger partial charge in [0.25, 0.3) is 0 Å². The van der Waals surface area contributed by atoms with Crippen LogP contribution in [0.2, 0.25) is 0 Å². The van der Waals surface area contributed by atoms with Gasteiger partial charge in [0, 0.05) is 13.1 Å². The summed E-state index contributed by atoms with van der Waals surface area (Å²) >= 11 is 0. The molecular weight excluding hydrogens is 287 g/mol. The van der Waals surface area contributed by atoms with Crippen molar-refractivity contribution in [1.29, 1.82) is 0 Å². The Balaban J connectivity index is 1.90. The van der Waals surface area contributed by atoms with Crippen molar-refractivity contribution in [3.63, 3.8) is 0 Å². The zero-order valence-corrected chi connectivity index (χ0v) is 11.9. The van der Waals surface area contributed by atoms with Gasteiger partial charge in [0.1, 0.15) is 0 Å². The molecule has 7 heteroatoms. The number of likely N-dealkylation sites (tertiary alicyclic amines) is 1. The molecule has 2 rings (SSSR count). The van der Waals surface area contributed by atoms with Crippen molar-refractivity contribution in [1.82, 2.24) is 4.90 Å². The van der Waals surface area contributed by atoms with Crippen molar-refractivity contribution >= 4 is 5.97 Å². The molecule has 2 aliphatic rings. The molecule has 1 saturated carbocycles. The monoisotopic (exact) mass is 309 g/mol. The molecule has 2 fully saturated rings. The number of hydrogen-bond donors (Lipinski definition) is 2. The summed E-state index contributed by atoms with van der Waals surface area (Å²) in [5.41, 5.74) is -2.68. The van der Waals surface area contributed by atoms with E-state index >= 15 is 0 Å². The maximum Gasteiger partial charge on any atom is 0.406 e. The lowest BCUT2D eigenvalue weighted by Crippen LogP contribution is -2.47. The molecule has 21 heavy (non-hydrogen) atoms. The van der Waals surface area contributed by atoms with Crippen LogP contribution in [-0.4, -0.2) is 53.0 Å². The lowest BCUT2D eigenvalue weighted by Gasteiger charge is -2.28. The van der Waals surface area contributed by atoms with Gasteiger partial charge >= 0.3 is 12.1 Å². The third kappa shape index (κ3) is 3.51. The molecule has 0 aromatic carbocycles. The van der Waals surface area contributed by atoms with Crippen molar-refractivity contribution in [3.8, 4) is 0 Å². The third-order valence-electron chi connectivity index (χ3n) is 4.85. The highest BCUT2D eigenvalue weighted by Crippen LogP contribution is 2.45. The van der Waals surface area contributed by atoms with Crippen LogP contribution < -0.4 is 0 Å². The first-order chi connectivity index (χ1) is 9.74. The van der Waals surface area contributed by atoms with E-state index in [-0.39, 0.29) is 13.1 Å². The quantitative estimate of drug-likeness (QED) is 0.818. The maximum absolute atomic E-state index is 13.0. The number of carboxylic acids is 1. The minimum absolute atomic E-state index is 0.0630. The summed E-state index contributed by atoms with van der Waals surface area (Å²) in [4.78, 5) is 12.5. The Hall–Kier alpha value is -0.820. The number of aliphatic carboxylic acids is 1. The highest BCUT2D eigenvalue weighted by Gasteiger charge is 2.63. The number of β-amino-alcohol motifs (C(OH)–C–C–N with tert-alkyl or cyclic N) is 1. The minimum Gasteiger partial charge on any atom is -0.481 e. The first-order valence-corrected chi connectivity index (χ1v) is 7.45. The van der Waals surface area contributed by atoms with Gasteiger partial charge < -0.3 is 10.2 Å². The third-order valence-corrected chi connectivity index (χ3v) is 4.85. The summed E-state index contributed by atoms with van der Waals surface area (Å²) in [7, 11) is 0. The predicted molar refractivity (Wildman–Crippen MR) is 69.8 cm³/mol. The Kier molecular flexibility index (Phi) is 4.82. The lowest BCUT2D eigenvalue weighted by atomic mass is 9.86. The van der Waals surface area contributed by atoms with Crippen molar-refractivity contribution < 1.29 is 28.2 Å². The van der Waals surface area contributed by atoms with E-state index in [0.717, 1.165) is 25.7 Å². The molecule has 0 amide bonds. The van der Waals surface area contributed by atoms with Crippen LogP contribution >= 0.6 is 0 Å². The molecule has 1 heterocycles. The number of halogens is 3. The van der Waals surface area contributed by atoms with E-state index in [1.165, 1.54) is 4.90 Å². The standard InChI is InChI=1S/C14H22F3NO3/c15-14(16,17)13(12(20)21)5-6-18(9-13)8-11(19)7-10-3-1-2-4-10/h10-11,19H,1-9H2,(H,20,21). The molecule has 4 nitrogen and oxygen atoms in total. The second-order valence-electron chi connectivity index (χ2n) is 6.41. The van der Waals surface area contributed by atoms with Crippen LogP contribution in [0.25, 0.3) is 0 Å². The van der Waals surface area contributed by atoms with Gasteiger partial charge in [0.05, 0.1) is 6.10 Å². The van der Waals surface area contributed by atoms with E-state index in [9.17, 15) is 23.1 Å². The summed E-state index contributed by atoms with van der Waals surface area (Å²) in [6.45, 7) is -0.372. The summed E-state index contributed by atoms with van der Waals surface area (Å²) in [5, 5.41) is 19.0. The largest absolute Gasteiger partial charge is 0.481 e. The zero-order valence-electron chi connectivity index (χ0n) is 11.9. The second-order valence-corrected chi connectivity index (χ2v) is 6.41. The summed E-state index contributed by atoms with van der Waals surface area (Å²) in [6, 6.07) is 0. The maximum atomic E-state index is 13.0. The number of aliphatic hydroxyl groups excluding tert-OH is 1. The fraction of sp³-hybridized carbons (Fsp3) is 0.929. The van der Waals surface area contributed by atoms with Crippen LogP contribution in [0.3, 0.4) is 0 Å². The van der Waals surface area contributed by atoms with E-state index in [4.69, 9.17) is 5.11 Å². The number of aliphatic hydroxyl groups is 1. The molecule has 1 saturated heterocycles. The van der Waals surface area contributed by atoms with Gasteiger partial charge in [0.15, 0.2) is 5.41 Å². The summed E-state index contributed by atoms with van der Waals surface area (Å²) in [6.07, 6.45) is -0.841. The van der Waals surface area contributed by atoms with Gasteiger partial charge in [-0.25, -0.2) is 0 Å². The molecule has 0 radical (unpaired) electrons. The number of hydrogen-bond acceptors (Lipinski definition) is 3. The molecule has 2 unspecified atom stereocenters. The molecule has 1 aliphatic heterocycles. The van der Waals surface area contributed by atoms with Gasteiger partial charge in [-0.3, -0.25) is 9.69 Å². The second kappa shape index (κ2) is 6.12. The SMILES string of the molecule is O=C(O)C1(C(F)(F)F)CCN(CC(O)CC2CCCC2)C1. The van der Waals surface area contributed by atoms with E-state index in [0.29, 0.717) is 12.3 Å². The highest BCUT2D eigenvalue weighted by atomic mass is 19.4. The highest BCUT2D eigenvalue weighted by molar-refractivity contribution is 5.76. The topological polar surface area (TPSA) is 60.8 Å². The van der Waals surface area contributed by atoms with Crippen molar-refractivity contribution in [2.45, 2.75) is 50.8 Å². The number of carboxylic acid groups (broad SMARTS) is 1. The summed E-state index contributed by atoms with van der Waals surface area (Å²) < 4.78 is 39.1. The average molecular weight is 309 g/mol. The van der Waals surface area contributed by atoms with Crippen LogP contribution in [0.5, 0.6) is 0 Å². The molecular formula is C14H22F3NO3. The Morgan fingerprint density at radius 3 is 2.43 bits per heavy atom. The van der Waals surface area contributed by atoms with Crippen LogP contribution in [0.1, 0.15) is 38.5 Å². The van der Waals surface area contributed by atoms with Crippen molar-refractivity contribution in [3.05, 3.63) is 0 Å². The molecule has 2 atom stereocenters. The number of alkyl halides is 3. The lowest BCUT2D eigenvalue weighted by molar-refractivity contribution is -0.227. The van der Waals surface area contributed by atoms with Crippen molar-refractivity contribution in [2.75, 3.05) is 19.6 Å². The smallest absolute Gasteiger partial charge is 0.406 e. The van der Waals surface area contributed by atoms with Gasteiger partial charge in [0.2, 0.25) is 0 Å². The fourth-order valence-corrected chi connectivity index (χ4v) is 3.58. The molecule has 0 aromatic rings. The van der Waals surface area contributed by atoms with Crippen LogP contribution in [0, 0.1) is 11.3 Å². The van der Waals surface area contributed by atoms with Gasteiger partial charge in [-0.2, -0.15) is 13.2 Å². The molecule has 1 aliphatic carbocycles.